The Kier molecular flexibility index (Phi) is 4.58. The monoisotopic (exact) mass is 274 g/mol. The van der Waals surface area contributed by atoms with E-state index < -0.39 is 0 Å². The molecule has 0 spiro atoms. The van der Waals surface area contributed by atoms with Gasteiger partial charge < -0.3 is 15.0 Å². The molecule has 3 heteroatoms. The van der Waals surface area contributed by atoms with E-state index in [1.807, 2.05) is 0 Å². The van der Waals surface area contributed by atoms with Gasteiger partial charge in [0.1, 0.15) is 5.75 Å². The summed E-state index contributed by atoms with van der Waals surface area (Å²) < 4.78 is 5.72. The van der Waals surface area contributed by atoms with Crippen LogP contribution in [0.25, 0.3) is 0 Å². The van der Waals surface area contributed by atoms with Crippen LogP contribution in [-0.4, -0.2) is 37.7 Å². The van der Waals surface area contributed by atoms with Crippen molar-refractivity contribution in [1.29, 1.82) is 0 Å². The minimum Gasteiger partial charge on any atom is -0.493 e. The highest BCUT2D eigenvalue weighted by Crippen LogP contribution is 2.31. The van der Waals surface area contributed by atoms with Gasteiger partial charge in [0.15, 0.2) is 0 Å². The number of para-hydroxylation sites is 1. The third-order valence-corrected chi connectivity index (χ3v) is 4.75. The zero-order valence-electron chi connectivity index (χ0n) is 12.5. The van der Waals surface area contributed by atoms with Crippen LogP contribution in [0.2, 0.25) is 0 Å². The summed E-state index contributed by atoms with van der Waals surface area (Å²) in [6.45, 7) is 3.21. The molecule has 3 rings (SSSR count). The largest absolute Gasteiger partial charge is 0.493 e. The molecule has 1 aromatic carbocycles. The SMILES string of the molecule is CN1CCCCC1CCNC1CCOc2ccccc21. The van der Waals surface area contributed by atoms with Crippen molar-refractivity contribution in [3.8, 4) is 5.75 Å². The van der Waals surface area contributed by atoms with Gasteiger partial charge in [0.25, 0.3) is 0 Å². The number of likely N-dealkylation sites (tertiary alicyclic amines) is 1. The Labute approximate surface area is 122 Å². The molecule has 0 aliphatic carbocycles. The summed E-state index contributed by atoms with van der Waals surface area (Å²) in [5.74, 6) is 1.06. The Bertz CT molecular complexity index is 435. The maximum Gasteiger partial charge on any atom is 0.124 e. The van der Waals surface area contributed by atoms with Gasteiger partial charge in [-0.15, -0.1) is 0 Å². The molecule has 1 aromatic rings. The van der Waals surface area contributed by atoms with Crippen molar-refractivity contribution in [2.24, 2.45) is 0 Å². The third-order valence-electron chi connectivity index (χ3n) is 4.75. The van der Waals surface area contributed by atoms with Gasteiger partial charge in [0.05, 0.1) is 6.61 Å². The van der Waals surface area contributed by atoms with Gasteiger partial charge in [-0.3, -0.25) is 0 Å². The van der Waals surface area contributed by atoms with Gasteiger partial charge in [-0.1, -0.05) is 24.6 Å². The lowest BCUT2D eigenvalue weighted by Gasteiger charge is -2.33. The van der Waals surface area contributed by atoms with Gasteiger partial charge in [-0.25, -0.2) is 0 Å². The average molecular weight is 274 g/mol. The van der Waals surface area contributed by atoms with Crippen LogP contribution in [0.5, 0.6) is 5.75 Å². The van der Waals surface area contributed by atoms with Crippen LogP contribution in [0.1, 0.15) is 43.7 Å². The third kappa shape index (κ3) is 3.15. The highest BCUT2D eigenvalue weighted by molar-refractivity contribution is 5.37. The van der Waals surface area contributed by atoms with Crippen molar-refractivity contribution < 1.29 is 4.74 Å². The number of benzene rings is 1. The molecule has 20 heavy (non-hydrogen) atoms. The van der Waals surface area contributed by atoms with Crippen LogP contribution < -0.4 is 10.1 Å². The quantitative estimate of drug-likeness (QED) is 0.913. The molecule has 2 aliphatic rings. The maximum atomic E-state index is 5.72. The van der Waals surface area contributed by atoms with E-state index >= 15 is 0 Å². The van der Waals surface area contributed by atoms with Gasteiger partial charge in [0.2, 0.25) is 0 Å². The predicted octanol–water partition coefficient (Wildman–Crippen LogP) is 2.97. The highest BCUT2D eigenvalue weighted by atomic mass is 16.5. The Hall–Kier alpha value is -1.06. The van der Waals surface area contributed by atoms with Gasteiger partial charge in [-0.2, -0.15) is 0 Å². The lowest BCUT2D eigenvalue weighted by molar-refractivity contribution is 0.172. The molecular formula is C17H26N2O. The first-order valence-corrected chi connectivity index (χ1v) is 8.00. The Balaban J connectivity index is 1.52. The van der Waals surface area contributed by atoms with Gasteiger partial charge in [-0.05, 0) is 45.5 Å². The van der Waals surface area contributed by atoms with E-state index in [2.05, 4.69) is 41.5 Å². The number of rotatable bonds is 4. The molecule has 1 N–H and O–H groups in total. The number of fused-ring (bicyclic) bond motifs is 1. The summed E-state index contributed by atoms with van der Waals surface area (Å²) in [5, 5.41) is 3.74. The molecule has 3 nitrogen and oxygen atoms in total. The maximum absolute atomic E-state index is 5.72. The molecule has 2 unspecified atom stereocenters. The molecule has 2 aliphatic heterocycles. The molecule has 0 bridgehead atoms. The molecule has 2 atom stereocenters. The lowest BCUT2D eigenvalue weighted by Crippen LogP contribution is -2.39. The topological polar surface area (TPSA) is 24.5 Å². The van der Waals surface area contributed by atoms with Crippen molar-refractivity contribution in [2.45, 2.75) is 44.2 Å². The molecule has 1 fully saturated rings. The lowest BCUT2D eigenvalue weighted by atomic mass is 9.98. The van der Waals surface area contributed by atoms with E-state index in [1.54, 1.807) is 0 Å². The fraction of sp³-hybridized carbons (Fsp3) is 0.647. The first-order valence-electron chi connectivity index (χ1n) is 8.00. The van der Waals surface area contributed by atoms with E-state index in [-0.39, 0.29) is 0 Å². The highest BCUT2D eigenvalue weighted by Gasteiger charge is 2.22. The molecule has 0 radical (unpaired) electrons. The Morgan fingerprint density at radius 2 is 2.15 bits per heavy atom. The van der Waals surface area contributed by atoms with Crippen molar-refractivity contribution in [3.63, 3.8) is 0 Å². The summed E-state index contributed by atoms with van der Waals surface area (Å²) in [4.78, 5) is 2.53. The second-order valence-corrected chi connectivity index (χ2v) is 6.10. The predicted molar refractivity (Wildman–Crippen MR) is 82.2 cm³/mol. The van der Waals surface area contributed by atoms with Crippen LogP contribution in [0.4, 0.5) is 0 Å². The molecule has 0 amide bonds. The van der Waals surface area contributed by atoms with Crippen LogP contribution in [-0.2, 0) is 0 Å². The fourth-order valence-electron chi connectivity index (χ4n) is 3.49. The average Bonchev–Trinajstić information content (AvgIpc) is 2.49. The van der Waals surface area contributed by atoms with Crippen LogP contribution in [0.15, 0.2) is 24.3 Å². The number of hydrogen-bond donors (Lipinski definition) is 1. The number of nitrogens with zero attached hydrogens (tertiary/aromatic N) is 1. The smallest absolute Gasteiger partial charge is 0.124 e. The Morgan fingerprint density at radius 3 is 3.05 bits per heavy atom. The van der Waals surface area contributed by atoms with Crippen LogP contribution >= 0.6 is 0 Å². The first-order chi connectivity index (χ1) is 9.84. The second kappa shape index (κ2) is 6.59. The summed E-state index contributed by atoms with van der Waals surface area (Å²) in [6, 6.07) is 9.67. The van der Waals surface area contributed by atoms with E-state index in [0.717, 1.165) is 31.4 Å². The Morgan fingerprint density at radius 1 is 1.25 bits per heavy atom. The molecule has 0 saturated carbocycles. The van der Waals surface area contributed by atoms with Crippen LogP contribution in [0.3, 0.4) is 0 Å². The molecule has 110 valence electrons. The van der Waals surface area contributed by atoms with Crippen molar-refractivity contribution in [1.82, 2.24) is 10.2 Å². The zero-order valence-corrected chi connectivity index (χ0v) is 12.5. The first kappa shape index (κ1) is 13.9. The van der Waals surface area contributed by atoms with Gasteiger partial charge in [0, 0.05) is 24.1 Å². The molecule has 2 heterocycles. The van der Waals surface area contributed by atoms with Crippen molar-refractivity contribution >= 4 is 0 Å². The number of hydrogen-bond acceptors (Lipinski definition) is 3. The van der Waals surface area contributed by atoms with Crippen LogP contribution in [0, 0.1) is 0 Å². The minimum absolute atomic E-state index is 0.467. The summed E-state index contributed by atoms with van der Waals surface area (Å²) in [5.41, 5.74) is 1.33. The normalized spacial score (nSPS) is 26.9. The fourth-order valence-corrected chi connectivity index (χ4v) is 3.49. The van der Waals surface area contributed by atoms with E-state index in [4.69, 9.17) is 4.74 Å². The number of nitrogens with one attached hydrogen (secondary N) is 1. The molecule has 1 saturated heterocycles. The summed E-state index contributed by atoms with van der Waals surface area (Å²) in [6.07, 6.45) is 6.47. The number of ether oxygens (including phenoxy) is 1. The summed E-state index contributed by atoms with van der Waals surface area (Å²) in [7, 11) is 2.27. The second-order valence-electron chi connectivity index (χ2n) is 6.10. The van der Waals surface area contributed by atoms with E-state index in [1.165, 1.54) is 37.8 Å². The summed E-state index contributed by atoms with van der Waals surface area (Å²) >= 11 is 0. The zero-order chi connectivity index (χ0) is 13.8. The van der Waals surface area contributed by atoms with E-state index in [9.17, 15) is 0 Å². The van der Waals surface area contributed by atoms with Crippen molar-refractivity contribution in [2.75, 3.05) is 26.7 Å². The van der Waals surface area contributed by atoms with Gasteiger partial charge >= 0.3 is 0 Å². The minimum atomic E-state index is 0.467. The van der Waals surface area contributed by atoms with Crippen molar-refractivity contribution in [3.05, 3.63) is 29.8 Å². The standard InChI is InChI=1S/C17H26N2O/c1-19-12-5-4-6-14(19)9-11-18-16-10-13-20-17-8-3-2-7-15(16)17/h2-3,7-8,14,16,18H,4-6,9-13H2,1H3. The van der Waals surface area contributed by atoms with E-state index in [0.29, 0.717) is 6.04 Å². The number of piperidine rings is 1. The molecular weight excluding hydrogens is 248 g/mol. The molecule has 0 aromatic heterocycles.